The number of rotatable bonds is 3. The van der Waals surface area contributed by atoms with Gasteiger partial charge in [-0.15, -0.1) is 0 Å². The predicted octanol–water partition coefficient (Wildman–Crippen LogP) is 2.15. The summed E-state index contributed by atoms with van der Waals surface area (Å²) >= 11 is 0. The summed E-state index contributed by atoms with van der Waals surface area (Å²) in [5.41, 5.74) is 2.26. The van der Waals surface area contributed by atoms with Gasteiger partial charge < -0.3 is 14.6 Å². The normalized spacial score (nSPS) is 32.2. The highest BCUT2D eigenvalue weighted by molar-refractivity contribution is 5.39. The minimum Gasteiger partial charge on any atom is -0.497 e. The van der Waals surface area contributed by atoms with Gasteiger partial charge >= 0.3 is 0 Å². The minimum absolute atomic E-state index is 0.152. The molecule has 1 aliphatic carbocycles. The van der Waals surface area contributed by atoms with Gasteiger partial charge in [0.1, 0.15) is 5.75 Å². The number of nitrogens with zero attached hydrogens (tertiary/aromatic N) is 1. The number of aliphatic hydroxyl groups excluding tert-OH is 1. The van der Waals surface area contributed by atoms with E-state index in [0.717, 1.165) is 37.2 Å². The smallest absolute Gasteiger partial charge is 0.119 e. The maximum absolute atomic E-state index is 10.8. The predicted molar refractivity (Wildman–Crippen MR) is 81.6 cm³/mol. The van der Waals surface area contributed by atoms with Crippen molar-refractivity contribution < 1.29 is 14.6 Å². The van der Waals surface area contributed by atoms with Crippen LogP contribution >= 0.6 is 0 Å². The van der Waals surface area contributed by atoms with Crippen molar-refractivity contribution in [3.05, 3.63) is 29.3 Å². The zero-order valence-electron chi connectivity index (χ0n) is 13.1. The molecule has 0 radical (unpaired) electrons. The molecule has 0 amide bonds. The van der Waals surface area contributed by atoms with Gasteiger partial charge in [-0.3, -0.25) is 4.90 Å². The molecule has 0 aromatic heterocycles. The Morgan fingerprint density at radius 2 is 2.10 bits per heavy atom. The van der Waals surface area contributed by atoms with Crippen LogP contribution in [0.25, 0.3) is 0 Å². The molecule has 4 nitrogen and oxygen atoms in total. The number of fused-ring (bicyclic) bond motifs is 1. The van der Waals surface area contributed by atoms with E-state index < -0.39 is 6.10 Å². The Morgan fingerprint density at radius 1 is 1.29 bits per heavy atom. The highest BCUT2D eigenvalue weighted by Gasteiger charge is 2.37. The lowest BCUT2D eigenvalue weighted by atomic mass is 9.84. The summed E-state index contributed by atoms with van der Waals surface area (Å²) in [5, 5.41) is 10.8. The van der Waals surface area contributed by atoms with Gasteiger partial charge in [0.05, 0.1) is 19.3 Å². The maximum Gasteiger partial charge on any atom is 0.119 e. The van der Waals surface area contributed by atoms with Crippen molar-refractivity contribution in [1.82, 2.24) is 4.90 Å². The largest absolute Gasteiger partial charge is 0.497 e. The van der Waals surface area contributed by atoms with Gasteiger partial charge in [-0.2, -0.15) is 0 Å². The third-order valence-electron chi connectivity index (χ3n) is 5.13. The minimum atomic E-state index is -0.457. The van der Waals surface area contributed by atoms with Crippen molar-refractivity contribution in [3.8, 4) is 5.75 Å². The Morgan fingerprint density at radius 3 is 2.76 bits per heavy atom. The van der Waals surface area contributed by atoms with E-state index in [1.807, 2.05) is 12.1 Å². The summed E-state index contributed by atoms with van der Waals surface area (Å²) < 4.78 is 11.0. The Labute approximate surface area is 126 Å². The molecule has 116 valence electrons. The van der Waals surface area contributed by atoms with Crippen LogP contribution in [0.4, 0.5) is 0 Å². The second-order valence-corrected chi connectivity index (χ2v) is 6.21. The molecule has 1 fully saturated rings. The molecular formula is C17H25NO3. The number of aliphatic hydroxyl groups is 1. The fourth-order valence-corrected chi connectivity index (χ4v) is 3.80. The van der Waals surface area contributed by atoms with Crippen LogP contribution in [-0.2, 0) is 11.2 Å². The summed E-state index contributed by atoms with van der Waals surface area (Å²) in [6, 6.07) is 6.59. The average Bonchev–Trinajstić information content (AvgIpc) is 2.93. The van der Waals surface area contributed by atoms with Crippen LogP contribution in [0.15, 0.2) is 18.2 Å². The van der Waals surface area contributed by atoms with E-state index in [0.29, 0.717) is 6.04 Å². The molecule has 0 spiro atoms. The van der Waals surface area contributed by atoms with Crippen LogP contribution in [0, 0.1) is 0 Å². The SMILES string of the molecule is COc1ccc2c(c1)C(O)C(N(C)C1CCOC1C)CC2. The van der Waals surface area contributed by atoms with E-state index in [9.17, 15) is 5.11 Å². The molecule has 4 heteroatoms. The molecule has 0 bridgehead atoms. The van der Waals surface area contributed by atoms with E-state index in [2.05, 4.69) is 24.9 Å². The fourth-order valence-electron chi connectivity index (χ4n) is 3.80. The Hall–Kier alpha value is -1.10. The van der Waals surface area contributed by atoms with E-state index in [1.54, 1.807) is 7.11 Å². The number of hydrogen-bond donors (Lipinski definition) is 1. The van der Waals surface area contributed by atoms with Crippen LogP contribution < -0.4 is 4.74 Å². The summed E-state index contributed by atoms with van der Waals surface area (Å²) in [7, 11) is 3.78. The molecule has 1 aromatic carbocycles. The molecule has 2 aliphatic rings. The highest BCUT2D eigenvalue weighted by Crippen LogP contribution is 2.36. The van der Waals surface area contributed by atoms with Gasteiger partial charge in [0, 0.05) is 18.7 Å². The number of hydrogen-bond acceptors (Lipinski definition) is 4. The monoisotopic (exact) mass is 291 g/mol. The molecule has 1 saturated heterocycles. The van der Waals surface area contributed by atoms with Crippen LogP contribution in [-0.4, -0.2) is 49.0 Å². The molecule has 3 rings (SSSR count). The van der Waals surface area contributed by atoms with E-state index >= 15 is 0 Å². The molecule has 1 aliphatic heterocycles. The summed E-state index contributed by atoms with van der Waals surface area (Å²) in [4.78, 5) is 2.32. The van der Waals surface area contributed by atoms with Gasteiger partial charge in [-0.1, -0.05) is 6.07 Å². The summed E-state index contributed by atoms with van der Waals surface area (Å²) in [6.45, 7) is 2.95. The number of aryl methyl sites for hydroxylation is 1. The second kappa shape index (κ2) is 5.95. The molecular weight excluding hydrogens is 266 g/mol. The van der Waals surface area contributed by atoms with Gasteiger partial charge in [-0.25, -0.2) is 0 Å². The Balaban J connectivity index is 1.82. The molecule has 21 heavy (non-hydrogen) atoms. The standard InChI is InChI=1S/C17H25NO3/c1-11-15(8-9-21-11)18(2)16-7-5-12-4-6-13(20-3)10-14(12)17(16)19/h4,6,10-11,15-17,19H,5,7-9H2,1-3H3. The number of benzene rings is 1. The number of likely N-dealkylation sites (N-methyl/N-ethyl adjacent to an activating group) is 1. The fraction of sp³-hybridized carbons (Fsp3) is 0.647. The molecule has 1 N–H and O–H groups in total. The van der Waals surface area contributed by atoms with Crippen LogP contribution in [0.3, 0.4) is 0 Å². The maximum atomic E-state index is 10.8. The first-order valence-corrected chi connectivity index (χ1v) is 7.80. The molecule has 1 aromatic rings. The van der Waals surface area contributed by atoms with Crippen molar-refractivity contribution in [3.63, 3.8) is 0 Å². The molecule has 4 atom stereocenters. The summed E-state index contributed by atoms with van der Waals surface area (Å²) in [6.07, 6.45) is 2.83. The average molecular weight is 291 g/mol. The van der Waals surface area contributed by atoms with E-state index in [-0.39, 0.29) is 12.1 Å². The summed E-state index contributed by atoms with van der Waals surface area (Å²) in [5.74, 6) is 0.814. The van der Waals surface area contributed by atoms with Gasteiger partial charge in [0.2, 0.25) is 0 Å². The van der Waals surface area contributed by atoms with Crippen LogP contribution in [0.5, 0.6) is 5.75 Å². The van der Waals surface area contributed by atoms with Crippen molar-refractivity contribution in [2.75, 3.05) is 20.8 Å². The molecule has 4 unspecified atom stereocenters. The van der Waals surface area contributed by atoms with Crippen LogP contribution in [0.1, 0.15) is 37.0 Å². The zero-order valence-corrected chi connectivity index (χ0v) is 13.1. The topological polar surface area (TPSA) is 41.9 Å². The lowest BCUT2D eigenvalue weighted by Crippen LogP contribution is -2.48. The van der Waals surface area contributed by atoms with Crippen molar-refractivity contribution in [1.29, 1.82) is 0 Å². The van der Waals surface area contributed by atoms with Gasteiger partial charge in [-0.05, 0) is 56.5 Å². The first kappa shape index (κ1) is 14.8. The lowest BCUT2D eigenvalue weighted by Gasteiger charge is -2.40. The number of ether oxygens (including phenoxy) is 2. The second-order valence-electron chi connectivity index (χ2n) is 6.21. The van der Waals surface area contributed by atoms with Crippen molar-refractivity contribution in [2.24, 2.45) is 0 Å². The van der Waals surface area contributed by atoms with Crippen molar-refractivity contribution in [2.45, 2.75) is 50.5 Å². The third-order valence-corrected chi connectivity index (χ3v) is 5.13. The van der Waals surface area contributed by atoms with Gasteiger partial charge in [0.25, 0.3) is 0 Å². The first-order valence-electron chi connectivity index (χ1n) is 7.80. The quantitative estimate of drug-likeness (QED) is 0.926. The first-order chi connectivity index (χ1) is 10.1. The Kier molecular flexibility index (Phi) is 4.20. The Bertz CT molecular complexity index is 505. The molecule has 0 saturated carbocycles. The third kappa shape index (κ3) is 2.68. The van der Waals surface area contributed by atoms with E-state index in [1.165, 1.54) is 5.56 Å². The van der Waals surface area contributed by atoms with Crippen LogP contribution in [0.2, 0.25) is 0 Å². The van der Waals surface area contributed by atoms with Gasteiger partial charge in [0.15, 0.2) is 0 Å². The van der Waals surface area contributed by atoms with E-state index in [4.69, 9.17) is 9.47 Å². The highest BCUT2D eigenvalue weighted by atomic mass is 16.5. The molecule has 1 heterocycles. The number of methoxy groups -OCH3 is 1. The lowest BCUT2D eigenvalue weighted by molar-refractivity contribution is 0.00597. The zero-order chi connectivity index (χ0) is 15.0. The van der Waals surface area contributed by atoms with Crippen molar-refractivity contribution >= 4 is 0 Å².